The SMILES string of the molecule is CCNc1nc(C2CC2)nc(NCC2(C)CCCS2)c1C. The number of hydrogen-bond donors (Lipinski definition) is 2. The van der Waals surface area contributed by atoms with Gasteiger partial charge in [0.15, 0.2) is 0 Å². The fraction of sp³-hybridized carbons (Fsp3) is 0.750. The van der Waals surface area contributed by atoms with Crippen LogP contribution in [0.2, 0.25) is 0 Å². The van der Waals surface area contributed by atoms with Crippen molar-refractivity contribution in [3.8, 4) is 0 Å². The van der Waals surface area contributed by atoms with Gasteiger partial charge in [0.25, 0.3) is 0 Å². The molecule has 2 aliphatic rings. The average Bonchev–Trinajstić information content (AvgIpc) is 3.23. The maximum Gasteiger partial charge on any atom is 0.136 e. The summed E-state index contributed by atoms with van der Waals surface area (Å²) in [5, 5.41) is 6.99. The fourth-order valence-electron chi connectivity index (χ4n) is 2.82. The lowest BCUT2D eigenvalue weighted by Gasteiger charge is -2.24. The van der Waals surface area contributed by atoms with Gasteiger partial charge in [-0.2, -0.15) is 11.8 Å². The molecule has 5 heteroatoms. The van der Waals surface area contributed by atoms with Crippen molar-refractivity contribution >= 4 is 23.4 Å². The highest BCUT2D eigenvalue weighted by Gasteiger charge is 2.31. The Hall–Kier alpha value is -0.970. The van der Waals surface area contributed by atoms with Crippen LogP contribution in [0.25, 0.3) is 0 Å². The summed E-state index contributed by atoms with van der Waals surface area (Å²) in [6, 6.07) is 0. The summed E-state index contributed by atoms with van der Waals surface area (Å²) in [5.74, 6) is 4.91. The van der Waals surface area contributed by atoms with Crippen molar-refractivity contribution in [3.63, 3.8) is 0 Å². The zero-order chi connectivity index (χ0) is 14.9. The van der Waals surface area contributed by atoms with Crippen LogP contribution in [0, 0.1) is 6.92 Å². The number of nitrogens with one attached hydrogen (secondary N) is 2. The summed E-state index contributed by atoms with van der Waals surface area (Å²) in [4.78, 5) is 9.51. The van der Waals surface area contributed by atoms with Crippen LogP contribution in [-0.2, 0) is 0 Å². The Labute approximate surface area is 131 Å². The van der Waals surface area contributed by atoms with Crippen LogP contribution in [0.15, 0.2) is 0 Å². The van der Waals surface area contributed by atoms with Crippen molar-refractivity contribution < 1.29 is 0 Å². The minimum absolute atomic E-state index is 0.357. The minimum Gasteiger partial charge on any atom is -0.370 e. The molecule has 0 aromatic carbocycles. The lowest BCUT2D eigenvalue weighted by atomic mass is 10.1. The van der Waals surface area contributed by atoms with Gasteiger partial charge >= 0.3 is 0 Å². The highest BCUT2D eigenvalue weighted by molar-refractivity contribution is 8.00. The van der Waals surface area contributed by atoms with E-state index >= 15 is 0 Å². The van der Waals surface area contributed by atoms with Crippen LogP contribution in [0.3, 0.4) is 0 Å². The van der Waals surface area contributed by atoms with Crippen molar-refractivity contribution in [2.24, 2.45) is 0 Å². The molecule has 1 saturated heterocycles. The molecule has 1 aliphatic heterocycles. The molecule has 1 aromatic heterocycles. The Balaban J connectivity index is 1.78. The minimum atomic E-state index is 0.357. The van der Waals surface area contributed by atoms with Crippen molar-refractivity contribution in [3.05, 3.63) is 11.4 Å². The second-order valence-corrected chi connectivity index (χ2v) is 8.15. The van der Waals surface area contributed by atoms with E-state index in [1.54, 1.807) is 0 Å². The van der Waals surface area contributed by atoms with E-state index in [1.807, 2.05) is 0 Å². The van der Waals surface area contributed by atoms with Crippen LogP contribution in [0.1, 0.15) is 56.8 Å². The first-order valence-electron chi connectivity index (χ1n) is 8.11. The Morgan fingerprint density at radius 3 is 2.52 bits per heavy atom. The van der Waals surface area contributed by atoms with Gasteiger partial charge in [0.1, 0.15) is 17.5 Å². The van der Waals surface area contributed by atoms with Crippen molar-refractivity contribution in [1.29, 1.82) is 0 Å². The number of nitrogens with zero attached hydrogens (tertiary/aromatic N) is 2. The molecular weight excluding hydrogens is 280 g/mol. The highest BCUT2D eigenvalue weighted by Crippen LogP contribution is 2.40. The van der Waals surface area contributed by atoms with Crippen LogP contribution in [-0.4, -0.2) is 33.6 Å². The molecule has 0 bridgehead atoms. The van der Waals surface area contributed by atoms with E-state index in [-0.39, 0.29) is 0 Å². The number of anilines is 2. The largest absolute Gasteiger partial charge is 0.370 e. The Bertz CT molecular complexity index is 507. The summed E-state index contributed by atoms with van der Waals surface area (Å²) in [5.41, 5.74) is 1.15. The van der Waals surface area contributed by atoms with Crippen molar-refractivity contribution in [2.75, 3.05) is 29.5 Å². The van der Waals surface area contributed by atoms with Gasteiger partial charge in [-0.1, -0.05) is 0 Å². The summed E-state index contributed by atoms with van der Waals surface area (Å²) in [6.45, 7) is 8.48. The Kier molecular flexibility index (Phi) is 4.29. The van der Waals surface area contributed by atoms with Gasteiger partial charge < -0.3 is 10.6 Å². The predicted molar refractivity (Wildman–Crippen MR) is 91.5 cm³/mol. The normalized spacial score (nSPS) is 25.1. The fourth-order valence-corrected chi connectivity index (χ4v) is 4.06. The van der Waals surface area contributed by atoms with Gasteiger partial charge in [0.05, 0.1) is 0 Å². The summed E-state index contributed by atoms with van der Waals surface area (Å²) < 4.78 is 0.357. The Morgan fingerprint density at radius 2 is 1.95 bits per heavy atom. The summed E-state index contributed by atoms with van der Waals surface area (Å²) in [6.07, 6.45) is 5.11. The topological polar surface area (TPSA) is 49.8 Å². The third-order valence-corrected chi connectivity index (χ3v) is 5.92. The molecule has 3 rings (SSSR count). The number of rotatable bonds is 6. The molecule has 1 saturated carbocycles. The summed E-state index contributed by atoms with van der Waals surface area (Å²) in [7, 11) is 0. The third kappa shape index (κ3) is 3.44. The quantitative estimate of drug-likeness (QED) is 0.837. The molecule has 4 nitrogen and oxygen atoms in total. The molecule has 2 N–H and O–H groups in total. The van der Waals surface area contributed by atoms with Crippen LogP contribution >= 0.6 is 11.8 Å². The monoisotopic (exact) mass is 306 g/mol. The first-order valence-corrected chi connectivity index (χ1v) is 9.10. The van der Waals surface area contributed by atoms with Crippen molar-refractivity contribution in [1.82, 2.24) is 9.97 Å². The second kappa shape index (κ2) is 6.03. The maximum absolute atomic E-state index is 4.80. The zero-order valence-corrected chi connectivity index (χ0v) is 14.1. The molecule has 2 fully saturated rings. The molecule has 0 radical (unpaired) electrons. The van der Waals surface area contributed by atoms with E-state index in [1.165, 1.54) is 31.4 Å². The first-order chi connectivity index (χ1) is 10.1. The molecule has 0 amide bonds. The van der Waals surface area contributed by atoms with E-state index in [0.29, 0.717) is 10.7 Å². The van der Waals surface area contributed by atoms with Gasteiger partial charge in [0.2, 0.25) is 0 Å². The molecule has 1 aliphatic carbocycles. The van der Waals surface area contributed by atoms with Crippen molar-refractivity contribution in [2.45, 2.75) is 57.1 Å². The zero-order valence-electron chi connectivity index (χ0n) is 13.3. The number of thioether (sulfide) groups is 1. The van der Waals surface area contributed by atoms with Gasteiger partial charge in [-0.15, -0.1) is 0 Å². The highest BCUT2D eigenvalue weighted by atomic mass is 32.2. The average molecular weight is 306 g/mol. The van der Waals surface area contributed by atoms with E-state index in [2.05, 4.69) is 43.2 Å². The molecule has 0 spiro atoms. The molecule has 1 aromatic rings. The molecule has 2 heterocycles. The molecule has 1 atom stereocenters. The molecular formula is C16H26N4S. The van der Waals surface area contributed by atoms with Gasteiger partial charge in [-0.3, -0.25) is 0 Å². The van der Waals surface area contributed by atoms with Crippen LogP contribution in [0.4, 0.5) is 11.6 Å². The third-order valence-electron chi connectivity index (χ3n) is 4.38. The lowest BCUT2D eigenvalue weighted by Crippen LogP contribution is -2.28. The second-order valence-electron chi connectivity index (χ2n) is 6.46. The van der Waals surface area contributed by atoms with Gasteiger partial charge in [0, 0.05) is 29.3 Å². The van der Waals surface area contributed by atoms with Gasteiger partial charge in [-0.05, 0) is 52.2 Å². The van der Waals surface area contributed by atoms with E-state index < -0.39 is 0 Å². The molecule has 1 unspecified atom stereocenters. The van der Waals surface area contributed by atoms with E-state index in [9.17, 15) is 0 Å². The lowest BCUT2D eigenvalue weighted by molar-refractivity contribution is 0.633. The first kappa shape index (κ1) is 14.9. The van der Waals surface area contributed by atoms with E-state index in [4.69, 9.17) is 9.97 Å². The van der Waals surface area contributed by atoms with Crippen LogP contribution < -0.4 is 10.6 Å². The standard InChI is InChI=1S/C16H26N4S/c1-4-17-13-11(2)14(20-15(19-13)12-6-7-12)18-10-16(3)8-5-9-21-16/h12H,4-10H2,1-3H3,(H2,17,18,19,20). The number of hydrogen-bond acceptors (Lipinski definition) is 5. The molecule has 21 heavy (non-hydrogen) atoms. The Morgan fingerprint density at radius 1 is 1.24 bits per heavy atom. The number of aromatic nitrogens is 2. The van der Waals surface area contributed by atoms with Crippen LogP contribution in [0.5, 0.6) is 0 Å². The molecule has 116 valence electrons. The maximum atomic E-state index is 4.80. The van der Waals surface area contributed by atoms with E-state index in [0.717, 1.165) is 36.1 Å². The predicted octanol–water partition coefficient (Wildman–Crippen LogP) is 3.79. The smallest absolute Gasteiger partial charge is 0.136 e. The van der Waals surface area contributed by atoms with Gasteiger partial charge in [-0.25, -0.2) is 9.97 Å². The summed E-state index contributed by atoms with van der Waals surface area (Å²) >= 11 is 2.09.